The molecule has 0 saturated carbocycles. The smallest absolute Gasteiger partial charge is 0.334 e. The van der Waals surface area contributed by atoms with Gasteiger partial charge in [0.05, 0.1) is 13.2 Å². The number of carbonyl (C=O) groups is 2. The first-order valence-corrected chi connectivity index (χ1v) is 10.7. The number of hydrogen-bond acceptors (Lipinski definition) is 4. The highest BCUT2D eigenvalue weighted by Gasteiger charge is 2.22. The van der Waals surface area contributed by atoms with Crippen molar-refractivity contribution in [1.29, 1.82) is 0 Å². The summed E-state index contributed by atoms with van der Waals surface area (Å²) in [7, 11) is 0. The van der Waals surface area contributed by atoms with E-state index in [1.165, 1.54) is 25.7 Å². The van der Waals surface area contributed by atoms with Gasteiger partial charge in [0.1, 0.15) is 0 Å². The average Bonchev–Trinajstić information content (AvgIpc) is 2.65. The van der Waals surface area contributed by atoms with Crippen LogP contribution in [0.3, 0.4) is 0 Å². The van der Waals surface area contributed by atoms with Gasteiger partial charge in [0, 0.05) is 11.1 Å². The van der Waals surface area contributed by atoms with Gasteiger partial charge in [-0.25, -0.2) is 9.59 Å². The monoisotopic (exact) mass is 368 g/mol. The zero-order valence-corrected chi connectivity index (χ0v) is 17.5. The topological polar surface area (TPSA) is 52.6 Å². The van der Waals surface area contributed by atoms with Gasteiger partial charge in [0.15, 0.2) is 0 Å². The molecular formula is C22H40O4. The minimum absolute atomic E-state index is 0.333. The van der Waals surface area contributed by atoms with Gasteiger partial charge in [0.25, 0.3) is 0 Å². The predicted octanol–water partition coefficient (Wildman–Crippen LogP) is 6.13. The summed E-state index contributed by atoms with van der Waals surface area (Å²) in [6.45, 7) is 9.00. The Morgan fingerprint density at radius 2 is 0.962 bits per heavy atom. The summed E-state index contributed by atoms with van der Waals surface area (Å²) in [5.41, 5.74) is 1.08. The maximum Gasteiger partial charge on any atom is 0.334 e. The molecule has 0 N–H and O–H groups in total. The highest BCUT2D eigenvalue weighted by atomic mass is 16.5. The number of hydrogen-bond donors (Lipinski definition) is 0. The van der Waals surface area contributed by atoms with Gasteiger partial charge in [-0.3, -0.25) is 0 Å². The molecule has 0 radical (unpaired) electrons. The van der Waals surface area contributed by atoms with E-state index in [2.05, 4.69) is 13.8 Å². The molecule has 0 fully saturated rings. The summed E-state index contributed by atoms with van der Waals surface area (Å²) in [5.74, 6) is -0.672. The molecular weight excluding hydrogens is 328 g/mol. The predicted molar refractivity (Wildman–Crippen MR) is 107 cm³/mol. The quantitative estimate of drug-likeness (QED) is 0.187. The third-order valence-corrected chi connectivity index (χ3v) is 4.29. The van der Waals surface area contributed by atoms with Crippen LogP contribution in [0.25, 0.3) is 0 Å². The molecule has 0 rings (SSSR count). The van der Waals surface area contributed by atoms with E-state index >= 15 is 0 Å². The van der Waals surface area contributed by atoms with E-state index in [0.29, 0.717) is 37.2 Å². The fourth-order valence-corrected chi connectivity index (χ4v) is 2.75. The maximum absolute atomic E-state index is 12.6. The molecule has 0 spiro atoms. The van der Waals surface area contributed by atoms with Gasteiger partial charge in [-0.2, -0.15) is 0 Å². The molecule has 26 heavy (non-hydrogen) atoms. The summed E-state index contributed by atoms with van der Waals surface area (Å²) in [6.07, 6.45) is 11.5. The molecule has 0 heterocycles. The number of unbranched alkanes of at least 4 members (excludes halogenated alkanes) is 6. The minimum Gasteiger partial charge on any atom is -0.462 e. The fourth-order valence-electron chi connectivity index (χ4n) is 2.75. The Hall–Kier alpha value is -1.32. The van der Waals surface area contributed by atoms with E-state index < -0.39 is 0 Å². The van der Waals surface area contributed by atoms with E-state index in [1.807, 2.05) is 13.8 Å². The third kappa shape index (κ3) is 11.3. The number of esters is 2. The lowest BCUT2D eigenvalue weighted by molar-refractivity contribution is -0.142. The highest BCUT2D eigenvalue weighted by molar-refractivity contribution is 6.00. The Balaban J connectivity index is 5.14. The molecule has 0 atom stereocenters. The second kappa shape index (κ2) is 17.1. The molecule has 0 aromatic rings. The van der Waals surface area contributed by atoms with E-state index in [0.717, 1.165) is 38.5 Å². The van der Waals surface area contributed by atoms with Crippen molar-refractivity contribution in [3.05, 3.63) is 11.1 Å². The van der Waals surface area contributed by atoms with Crippen LogP contribution in [-0.2, 0) is 19.1 Å². The zero-order valence-electron chi connectivity index (χ0n) is 17.5. The zero-order chi connectivity index (χ0) is 19.6. The van der Waals surface area contributed by atoms with Crippen molar-refractivity contribution in [3.63, 3.8) is 0 Å². The van der Waals surface area contributed by atoms with Crippen molar-refractivity contribution in [2.75, 3.05) is 13.2 Å². The van der Waals surface area contributed by atoms with E-state index in [-0.39, 0.29) is 11.9 Å². The second-order valence-electron chi connectivity index (χ2n) is 6.85. The Kier molecular flexibility index (Phi) is 16.2. The van der Waals surface area contributed by atoms with Crippen LogP contribution in [0.2, 0.25) is 0 Å². The number of rotatable bonds is 16. The van der Waals surface area contributed by atoms with Crippen molar-refractivity contribution < 1.29 is 19.1 Å². The molecule has 0 aliphatic carbocycles. The van der Waals surface area contributed by atoms with Gasteiger partial charge in [-0.15, -0.1) is 0 Å². The summed E-state index contributed by atoms with van der Waals surface area (Å²) in [5, 5.41) is 0. The molecule has 0 unspecified atom stereocenters. The SMILES string of the molecule is CCCCCCCC/C(C(=O)OCCC)=C(\CCCC)C(=O)OCCC. The molecule has 0 saturated heterocycles. The van der Waals surface area contributed by atoms with Crippen LogP contribution in [0, 0.1) is 0 Å². The Labute approximate surface area is 160 Å². The van der Waals surface area contributed by atoms with Crippen molar-refractivity contribution in [1.82, 2.24) is 0 Å². The van der Waals surface area contributed by atoms with E-state index in [9.17, 15) is 9.59 Å². The van der Waals surface area contributed by atoms with Crippen molar-refractivity contribution in [3.8, 4) is 0 Å². The molecule has 0 aromatic heterocycles. The molecule has 0 aliphatic heterocycles. The minimum atomic E-state index is -0.338. The molecule has 4 heteroatoms. The normalized spacial score (nSPS) is 11.8. The molecule has 0 amide bonds. The van der Waals surface area contributed by atoms with Crippen molar-refractivity contribution >= 4 is 11.9 Å². The van der Waals surface area contributed by atoms with E-state index in [4.69, 9.17) is 9.47 Å². The molecule has 0 bridgehead atoms. The molecule has 4 nitrogen and oxygen atoms in total. The summed E-state index contributed by atoms with van der Waals surface area (Å²) in [4.78, 5) is 25.1. The van der Waals surface area contributed by atoms with Crippen molar-refractivity contribution in [2.24, 2.45) is 0 Å². The Bertz CT molecular complexity index is 412. The lowest BCUT2D eigenvalue weighted by Gasteiger charge is -2.14. The first-order valence-electron chi connectivity index (χ1n) is 10.7. The highest BCUT2D eigenvalue weighted by Crippen LogP contribution is 2.22. The van der Waals surface area contributed by atoms with Crippen LogP contribution < -0.4 is 0 Å². The fraction of sp³-hybridized carbons (Fsp3) is 0.818. The lowest BCUT2D eigenvalue weighted by Crippen LogP contribution is -2.18. The van der Waals surface area contributed by atoms with Gasteiger partial charge >= 0.3 is 11.9 Å². The summed E-state index contributed by atoms with van der Waals surface area (Å²) in [6, 6.07) is 0. The second-order valence-corrected chi connectivity index (χ2v) is 6.85. The lowest BCUT2D eigenvalue weighted by atomic mass is 9.97. The first kappa shape index (κ1) is 24.7. The first-order chi connectivity index (χ1) is 12.6. The maximum atomic E-state index is 12.6. The van der Waals surface area contributed by atoms with Crippen LogP contribution in [0.1, 0.15) is 105 Å². The van der Waals surface area contributed by atoms with Crippen LogP contribution in [0.4, 0.5) is 0 Å². The standard InChI is InChI=1S/C22H40O4/c1-5-9-11-12-13-14-16-20(22(24)26-18-8-4)19(15-10-6-2)21(23)25-17-7-3/h5-18H2,1-4H3/b20-19-. The Morgan fingerprint density at radius 1 is 0.538 bits per heavy atom. The molecule has 0 aromatic carbocycles. The van der Waals surface area contributed by atoms with E-state index in [1.54, 1.807) is 0 Å². The summed E-state index contributed by atoms with van der Waals surface area (Å²) >= 11 is 0. The molecule has 152 valence electrons. The van der Waals surface area contributed by atoms with Crippen LogP contribution in [0.5, 0.6) is 0 Å². The third-order valence-electron chi connectivity index (χ3n) is 4.29. The van der Waals surface area contributed by atoms with Gasteiger partial charge in [0.2, 0.25) is 0 Å². The Morgan fingerprint density at radius 3 is 1.42 bits per heavy atom. The number of carbonyl (C=O) groups excluding carboxylic acids is 2. The van der Waals surface area contributed by atoms with Gasteiger partial charge in [-0.1, -0.05) is 66.2 Å². The van der Waals surface area contributed by atoms with Crippen LogP contribution in [0.15, 0.2) is 11.1 Å². The van der Waals surface area contributed by atoms with Crippen LogP contribution in [-0.4, -0.2) is 25.2 Å². The van der Waals surface area contributed by atoms with Crippen LogP contribution >= 0.6 is 0 Å². The molecule has 0 aliphatic rings. The van der Waals surface area contributed by atoms with Gasteiger partial charge < -0.3 is 9.47 Å². The van der Waals surface area contributed by atoms with Gasteiger partial charge in [-0.05, 0) is 38.5 Å². The number of ether oxygens (including phenoxy) is 2. The largest absolute Gasteiger partial charge is 0.462 e. The summed E-state index contributed by atoms with van der Waals surface area (Å²) < 4.78 is 10.7. The van der Waals surface area contributed by atoms with Crippen molar-refractivity contribution in [2.45, 2.75) is 105 Å². The average molecular weight is 369 g/mol.